The number of rotatable bonds is 5. The maximum Gasteiger partial charge on any atom is 0.130 e. The van der Waals surface area contributed by atoms with E-state index in [-0.39, 0.29) is 5.82 Å². The normalized spacial score (nSPS) is 13.1. The van der Waals surface area contributed by atoms with Gasteiger partial charge in [-0.15, -0.1) is 0 Å². The predicted octanol–water partition coefficient (Wildman–Crippen LogP) is 6.32. The van der Waals surface area contributed by atoms with Crippen LogP contribution in [-0.2, 0) is 6.42 Å². The minimum Gasteiger partial charge on any atom is -0.494 e. The van der Waals surface area contributed by atoms with E-state index in [9.17, 15) is 4.39 Å². The summed E-state index contributed by atoms with van der Waals surface area (Å²) < 4.78 is 19.3. The lowest BCUT2D eigenvalue weighted by molar-refractivity contribution is 0.315. The van der Waals surface area contributed by atoms with Crippen molar-refractivity contribution < 1.29 is 9.13 Å². The average molecular weight is 326 g/mol. The molecular weight excluding hydrogens is 299 g/mol. The molecule has 0 bridgehead atoms. The standard InChI is InChI=1S/C16H17FO.C6H10/c1-2-10-18-15-9-8-14(16(17)12-15)11-13-6-4-3-5-7-13;1-2-4-6-5-3-1/h3-9,12H,2,10-11H2,1H3;1-2H,3-6H2. The van der Waals surface area contributed by atoms with E-state index in [0.29, 0.717) is 24.3 Å². The van der Waals surface area contributed by atoms with E-state index in [1.807, 2.05) is 43.3 Å². The second-order valence-electron chi connectivity index (χ2n) is 6.02. The van der Waals surface area contributed by atoms with Crippen molar-refractivity contribution in [2.45, 2.75) is 45.4 Å². The van der Waals surface area contributed by atoms with Crippen LogP contribution in [0.5, 0.6) is 5.75 Å². The number of hydrogen-bond acceptors (Lipinski definition) is 1. The van der Waals surface area contributed by atoms with Crippen LogP contribution in [0.3, 0.4) is 0 Å². The second-order valence-corrected chi connectivity index (χ2v) is 6.02. The van der Waals surface area contributed by atoms with E-state index in [2.05, 4.69) is 12.2 Å². The van der Waals surface area contributed by atoms with Gasteiger partial charge in [-0.3, -0.25) is 0 Å². The Balaban J connectivity index is 0.000000292. The summed E-state index contributed by atoms with van der Waals surface area (Å²) in [5.41, 5.74) is 1.81. The van der Waals surface area contributed by atoms with Gasteiger partial charge in [-0.2, -0.15) is 0 Å². The van der Waals surface area contributed by atoms with Crippen LogP contribution in [-0.4, -0.2) is 6.61 Å². The fraction of sp³-hybridized carbons (Fsp3) is 0.364. The Morgan fingerprint density at radius 3 is 2.21 bits per heavy atom. The fourth-order valence-corrected chi connectivity index (χ4v) is 2.56. The van der Waals surface area contributed by atoms with Crippen molar-refractivity contribution in [3.05, 3.63) is 77.6 Å². The summed E-state index contributed by atoms with van der Waals surface area (Å²) in [6.45, 7) is 2.65. The Kier molecular flexibility index (Phi) is 8.09. The number of halogens is 1. The molecule has 0 unspecified atom stereocenters. The van der Waals surface area contributed by atoms with Gasteiger partial charge in [0.25, 0.3) is 0 Å². The Morgan fingerprint density at radius 1 is 0.958 bits per heavy atom. The molecule has 1 aliphatic rings. The predicted molar refractivity (Wildman–Crippen MR) is 99.0 cm³/mol. The lowest BCUT2D eigenvalue weighted by atomic mass is 10.0. The molecule has 0 radical (unpaired) electrons. The first-order valence-corrected chi connectivity index (χ1v) is 8.89. The molecule has 1 nitrogen and oxygen atoms in total. The third-order valence-electron chi connectivity index (χ3n) is 3.89. The molecule has 0 fully saturated rings. The lowest BCUT2D eigenvalue weighted by Crippen LogP contribution is -1.98. The summed E-state index contributed by atoms with van der Waals surface area (Å²) in [5, 5.41) is 0. The topological polar surface area (TPSA) is 9.23 Å². The van der Waals surface area contributed by atoms with Crippen molar-refractivity contribution in [2.24, 2.45) is 0 Å². The summed E-state index contributed by atoms with van der Waals surface area (Å²) in [7, 11) is 0. The van der Waals surface area contributed by atoms with Crippen molar-refractivity contribution >= 4 is 0 Å². The first-order valence-electron chi connectivity index (χ1n) is 8.89. The fourth-order valence-electron chi connectivity index (χ4n) is 2.56. The van der Waals surface area contributed by atoms with E-state index < -0.39 is 0 Å². The van der Waals surface area contributed by atoms with Gasteiger partial charge in [0.1, 0.15) is 11.6 Å². The molecule has 0 aliphatic heterocycles. The van der Waals surface area contributed by atoms with Gasteiger partial charge in [-0.1, -0.05) is 55.5 Å². The maximum atomic E-state index is 13.9. The summed E-state index contributed by atoms with van der Waals surface area (Å²) in [6.07, 6.45) is 11.5. The van der Waals surface area contributed by atoms with Gasteiger partial charge < -0.3 is 4.74 Å². The molecule has 0 saturated heterocycles. The molecule has 0 saturated carbocycles. The summed E-state index contributed by atoms with van der Waals surface area (Å²) >= 11 is 0. The van der Waals surface area contributed by atoms with Crippen LogP contribution in [0.15, 0.2) is 60.7 Å². The molecule has 2 aromatic carbocycles. The van der Waals surface area contributed by atoms with Gasteiger partial charge in [0.2, 0.25) is 0 Å². The first kappa shape index (κ1) is 18.3. The zero-order chi connectivity index (χ0) is 17.0. The number of hydrogen-bond donors (Lipinski definition) is 0. The Hall–Kier alpha value is -2.09. The van der Waals surface area contributed by atoms with Crippen LogP contribution in [0, 0.1) is 5.82 Å². The quantitative estimate of drug-likeness (QED) is 0.584. The molecule has 0 amide bonds. The monoisotopic (exact) mass is 326 g/mol. The highest BCUT2D eigenvalue weighted by Crippen LogP contribution is 2.19. The van der Waals surface area contributed by atoms with Crippen molar-refractivity contribution in [3.8, 4) is 5.75 Å². The lowest BCUT2D eigenvalue weighted by Gasteiger charge is -2.07. The van der Waals surface area contributed by atoms with Gasteiger partial charge in [-0.25, -0.2) is 4.39 Å². The summed E-state index contributed by atoms with van der Waals surface area (Å²) in [4.78, 5) is 0. The molecule has 1 aliphatic carbocycles. The third kappa shape index (κ3) is 6.57. The van der Waals surface area contributed by atoms with Gasteiger partial charge in [0.05, 0.1) is 6.61 Å². The summed E-state index contributed by atoms with van der Waals surface area (Å²) in [6, 6.07) is 15.0. The van der Waals surface area contributed by atoms with Crippen LogP contribution < -0.4 is 4.74 Å². The average Bonchev–Trinajstić information content (AvgIpc) is 2.65. The molecule has 0 N–H and O–H groups in total. The maximum absolute atomic E-state index is 13.9. The van der Waals surface area contributed by atoms with Crippen molar-refractivity contribution in [1.82, 2.24) is 0 Å². The molecule has 2 aromatic rings. The van der Waals surface area contributed by atoms with Gasteiger partial charge in [0.15, 0.2) is 0 Å². The second kappa shape index (κ2) is 10.6. The molecule has 24 heavy (non-hydrogen) atoms. The zero-order valence-corrected chi connectivity index (χ0v) is 14.5. The SMILES string of the molecule is C1=CCCCC1.CCCOc1ccc(Cc2ccccc2)c(F)c1. The summed E-state index contributed by atoms with van der Waals surface area (Å²) in [5.74, 6) is 0.401. The van der Waals surface area contributed by atoms with E-state index in [1.165, 1.54) is 31.7 Å². The minimum atomic E-state index is -0.201. The molecule has 0 spiro atoms. The van der Waals surface area contributed by atoms with Crippen LogP contribution >= 0.6 is 0 Å². The smallest absolute Gasteiger partial charge is 0.130 e. The minimum absolute atomic E-state index is 0.201. The highest BCUT2D eigenvalue weighted by molar-refractivity contribution is 5.32. The van der Waals surface area contributed by atoms with Crippen LogP contribution in [0.25, 0.3) is 0 Å². The third-order valence-corrected chi connectivity index (χ3v) is 3.89. The van der Waals surface area contributed by atoms with E-state index >= 15 is 0 Å². The Labute approximate surface area is 145 Å². The Bertz CT molecular complexity index is 611. The number of ether oxygens (including phenoxy) is 1. The molecule has 0 heterocycles. The molecule has 0 aromatic heterocycles. The molecule has 2 heteroatoms. The van der Waals surface area contributed by atoms with Crippen LogP contribution in [0.4, 0.5) is 4.39 Å². The highest BCUT2D eigenvalue weighted by Gasteiger charge is 2.05. The van der Waals surface area contributed by atoms with Gasteiger partial charge in [-0.05, 0) is 49.3 Å². The van der Waals surface area contributed by atoms with E-state index in [0.717, 1.165) is 12.0 Å². The van der Waals surface area contributed by atoms with E-state index in [1.54, 1.807) is 6.07 Å². The number of benzene rings is 2. The highest BCUT2D eigenvalue weighted by atomic mass is 19.1. The molecule has 0 atom stereocenters. The van der Waals surface area contributed by atoms with Crippen molar-refractivity contribution in [1.29, 1.82) is 0 Å². The van der Waals surface area contributed by atoms with Crippen LogP contribution in [0.1, 0.15) is 50.2 Å². The number of allylic oxidation sites excluding steroid dienone is 2. The van der Waals surface area contributed by atoms with E-state index in [4.69, 9.17) is 4.74 Å². The molecular formula is C22H27FO. The van der Waals surface area contributed by atoms with Crippen molar-refractivity contribution in [3.63, 3.8) is 0 Å². The van der Waals surface area contributed by atoms with Crippen molar-refractivity contribution in [2.75, 3.05) is 6.61 Å². The van der Waals surface area contributed by atoms with Crippen LogP contribution in [0.2, 0.25) is 0 Å². The van der Waals surface area contributed by atoms with Gasteiger partial charge >= 0.3 is 0 Å². The zero-order valence-electron chi connectivity index (χ0n) is 14.5. The molecule has 128 valence electrons. The Morgan fingerprint density at radius 2 is 1.67 bits per heavy atom. The molecule has 3 rings (SSSR count). The van der Waals surface area contributed by atoms with Gasteiger partial charge in [0, 0.05) is 12.5 Å². The first-order chi connectivity index (χ1) is 11.8. The largest absolute Gasteiger partial charge is 0.494 e.